The average molecular weight is 323 g/mol. The quantitative estimate of drug-likeness (QED) is 0.743. The molecule has 1 fully saturated rings. The van der Waals surface area contributed by atoms with Gasteiger partial charge in [0, 0.05) is 19.6 Å². The second kappa shape index (κ2) is 6.01. The van der Waals surface area contributed by atoms with E-state index in [0.717, 1.165) is 23.7 Å². The van der Waals surface area contributed by atoms with Crippen LogP contribution in [0.5, 0.6) is 0 Å². The van der Waals surface area contributed by atoms with Crippen LogP contribution in [0.15, 0.2) is 54.6 Å². The summed E-state index contributed by atoms with van der Waals surface area (Å²) in [5.41, 5.74) is 2.18. The molecule has 3 aromatic rings. The molecular formula is C18H17N3OS. The summed E-state index contributed by atoms with van der Waals surface area (Å²) in [6.07, 6.45) is 0. The third kappa shape index (κ3) is 2.92. The molecule has 1 aliphatic heterocycles. The first-order valence-electron chi connectivity index (χ1n) is 7.72. The molecular weight excluding hydrogens is 306 g/mol. The van der Waals surface area contributed by atoms with Crippen LogP contribution in [0.2, 0.25) is 0 Å². The van der Waals surface area contributed by atoms with Crippen LogP contribution in [0.3, 0.4) is 0 Å². The molecule has 1 aromatic heterocycles. The van der Waals surface area contributed by atoms with Crippen LogP contribution in [0, 0.1) is 0 Å². The van der Waals surface area contributed by atoms with Crippen molar-refractivity contribution in [3.63, 3.8) is 0 Å². The summed E-state index contributed by atoms with van der Waals surface area (Å²) in [7, 11) is 0. The average Bonchev–Trinajstić information content (AvgIpc) is 3.02. The normalized spacial score (nSPS) is 15.4. The zero-order valence-electron chi connectivity index (χ0n) is 12.7. The number of para-hydroxylation sites is 1. The van der Waals surface area contributed by atoms with Crippen LogP contribution >= 0.6 is 11.3 Å². The number of anilines is 1. The summed E-state index contributed by atoms with van der Waals surface area (Å²) in [6, 6.07) is 18.2. The zero-order chi connectivity index (χ0) is 15.6. The van der Waals surface area contributed by atoms with Crippen molar-refractivity contribution in [2.24, 2.45) is 0 Å². The number of fused-ring (bicyclic) bond motifs is 1. The van der Waals surface area contributed by atoms with E-state index in [1.165, 1.54) is 10.3 Å². The second-order valence-corrected chi connectivity index (χ2v) is 6.70. The van der Waals surface area contributed by atoms with Gasteiger partial charge in [0.15, 0.2) is 5.13 Å². The highest BCUT2D eigenvalue weighted by molar-refractivity contribution is 7.22. The monoisotopic (exact) mass is 323 g/mol. The Morgan fingerprint density at radius 1 is 1.00 bits per heavy atom. The maximum Gasteiger partial charge on any atom is 0.242 e. The molecule has 0 unspecified atom stereocenters. The molecule has 116 valence electrons. The van der Waals surface area contributed by atoms with Gasteiger partial charge in [0.25, 0.3) is 0 Å². The van der Waals surface area contributed by atoms with Crippen molar-refractivity contribution in [3.8, 4) is 0 Å². The van der Waals surface area contributed by atoms with Crippen molar-refractivity contribution in [3.05, 3.63) is 60.2 Å². The van der Waals surface area contributed by atoms with Gasteiger partial charge in [-0.25, -0.2) is 4.98 Å². The lowest BCUT2D eigenvalue weighted by molar-refractivity contribution is -0.131. The maximum atomic E-state index is 12.5. The largest absolute Gasteiger partial charge is 0.337 e. The zero-order valence-corrected chi connectivity index (χ0v) is 13.5. The molecule has 0 atom stereocenters. The Kier molecular flexibility index (Phi) is 3.71. The highest BCUT2D eigenvalue weighted by Gasteiger charge is 2.25. The third-order valence-electron chi connectivity index (χ3n) is 4.09. The number of hydrogen-bond acceptors (Lipinski definition) is 4. The van der Waals surface area contributed by atoms with Gasteiger partial charge >= 0.3 is 0 Å². The van der Waals surface area contributed by atoms with Gasteiger partial charge in [0.2, 0.25) is 5.91 Å². The second-order valence-electron chi connectivity index (χ2n) is 5.69. The summed E-state index contributed by atoms with van der Waals surface area (Å²) in [5.74, 6) is 0.166. The maximum absolute atomic E-state index is 12.5. The molecule has 4 nitrogen and oxygen atoms in total. The van der Waals surface area contributed by atoms with E-state index in [-0.39, 0.29) is 5.91 Å². The van der Waals surface area contributed by atoms with Crippen molar-refractivity contribution in [1.29, 1.82) is 0 Å². The Morgan fingerprint density at radius 3 is 2.57 bits per heavy atom. The first-order chi connectivity index (χ1) is 11.3. The lowest BCUT2D eigenvalue weighted by Crippen LogP contribution is -2.49. The van der Waals surface area contributed by atoms with E-state index >= 15 is 0 Å². The van der Waals surface area contributed by atoms with E-state index in [1.807, 2.05) is 41.3 Å². The first-order valence-corrected chi connectivity index (χ1v) is 8.53. The van der Waals surface area contributed by atoms with Gasteiger partial charge in [0.1, 0.15) is 0 Å². The Bertz CT molecular complexity index is 797. The Hall–Kier alpha value is -2.40. The summed E-state index contributed by atoms with van der Waals surface area (Å²) in [4.78, 5) is 21.1. The van der Waals surface area contributed by atoms with Crippen molar-refractivity contribution in [2.45, 2.75) is 6.54 Å². The highest BCUT2D eigenvalue weighted by atomic mass is 32.1. The Morgan fingerprint density at radius 2 is 1.78 bits per heavy atom. The van der Waals surface area contributed by atoms with Crippen molar-refractivity contribution in [1.82, 2.24) is 9.88 Å². The summed E-state index contributed by atoms with van der Waals surface area (Å²) in [5, 5.41) is 0.943. The summed E-state index contributed by atoms with van der Waals surface area (Å²) < 4.78 is 1.17. The third-order valence-corrected chi connectivity index (χ3v) is 5.19. The standard InChI is InChI=1S/C18H17N3OS/c22-17-13-21(18-19-15-8-4-5-9-16(15)23-18)11-10-20(17)12-14-6-2-1-3-7-14/h1-9H,10-13H2. The van der Waals surface area contributed by atoms with Gasteiger partial charge in [-0.1, -0.05) is 53.8 Å². The number of thiazole rings is 1. The molecule has 5 heteroatoms. The molecule has 0 aliphatic carbocycles. The van der Waals surface area contributed by atoms with Crippen LogP contribution in [-0.4, -0.2) is 35.4 Å². The smallest absolute Gasteiger partial charge is 0.242 e. The number of nitrogens with zero attached hydrogens (tertiary/aromatic N) is 3. The topological polar surface area (TPSA) is 36.4 Å². The van der Waals surface area contributed by atoms with Gasteiger partial charge in [-0.05, 0) is 17.7 Å². The lowest BCUT2D eigenvalue weighted by atomic mass is 10.2. The molecule has 2 aromatic carbocycles. The van der Waals surface area contributed by atoms with Crippen LogP contribution in [0.1, 0.15) is 5.56 Å². The minimum Gasteiger partial charge on any atom is -0.337 e. The molecule has 0 bridgehead atoms. The first kappa shape index (κ1) is 14.2. The van der Waals surface area contributed by atoms with Crippen LogP contribution < -0.4 is 4.90 Å². The molecule has 0 N–H and O–H groups in total. The number of hydrogen-bond donors (Lipinski definition) is 0. The Balaban J connectivity index is 1.47. The van der Waals surface area contributed by atoms with E-state index in [9.17, 15) is 4.79 Å². The number of rotatable bonds is 3. The van der Waals surface area contributed by atoms with Gasteiger partial charge in [-0.2, -0.15) is 0 Å². The van der Waals surface area contributed by atoms with Gasteiger partial charge in [-0.15, -0.1) is 0 Å². The summed E-state index contributed by atoms with van der Waals surface area (Å²) in [6.45, 7) is 2.67. The number of amides is 1. The lowest BCUT2D eigenvalue weighted by Gasteiger charge is -2.34. The molecule has 1 saturated heterocycles. The molecule has 0 radical (unpaired) electrons. The minimum absolute atomic E-state index is 0.166. The molecule has 2 heterocycles. The van der Waals surface area contributed by atoms with Crippen molar-refractivity contribution >= 4 is 32.6 Å². The fraction of sp³-hybridized carbons (Fsp3) is 0.222. The van der Waals surface area contributed by atoms with Crippen LogP contribution in [-0.2, 0) is 11.3 Å². The SMILES string of the molecule is O=C1CN(c2nc3ccccc3s2)CCN1Cc1ccccc1. The number of benzene rings is 2. The van der Waals surface area contributed by atoms with Crippen molar-refractivity contribution in [2.75, 3.05) is 24.5 Å². The minimum atomic E-state index is 0.166. The van der Waals surface area contributed by atoms with Crippen molar-refractivity contribution < 1.29 is 4.79 Å². The molecule has 0 spiro atoms. The fourth-order valence-electron chi connectivity index (χ4n) is 2.84. The fourth-order valence-corrected chi connectivity index (χ4v) is 3.83. The Labute approximate surface area is 139 Å². The van der Waals surface area contributed by atoms with Gasteiger partial charge in [0.05, 0.1) is 16.8 Å². The number of carbonyl (C=O) groups excluding carboxylic acids is 1. The van der Waals surface area contributed by atoms with Crippen LogP contribution in [0.25, 0.3) is 10.2 Å². The predicted molar refractivity (Wildman–Crippen MR) is 93.7 cm³/mol. The van der Waals surface area contributed by atoms with E-state index in [4.69, 9.17) is 0 Å². The number of carbonyl (C=O) groups is 1. The number of aromatic nitrogens is 1. The van der Waals surface area contributed by atoms with Gasteiger partial charge in [-0.3, -0.25) is 4.79 Å². The molecule has 1 aliphatic rings. The van der Waals surface area contributed by atoms with Gasteiger partial charge < -0.3 is 9.80 Å². The van der Waals surface area contributed by atoms with E-state index < -0.39 is 0 Å². The predicted octanol–water partition coefficient (Wildman–Crippen LogP) is 3.15. The molecule has 0 saturated carbocycles. The molecule has 1 amide bonds. The number of piperazine rings is 1. The highest BCUT2D eigenvalue weighted by Crippen LogP contribution is 2.29. The molecule has 23 heavy (non-hydrogen) atoms. The van der Waals surface area contributed by atoms with E-state index in [1.54, 1.807) is 11.3 Å². The van der Waals surface area contributed by atoms with Crippen LogP contribution in [0.4, 0.5) is 5.13 Å². The molecule has 4 rings (SSSR count). The van der Waals surface area contributed by atoms with E-state index in [2.05, 4.69) is 28.1 Å². The van der Waals surface area contributed by atoms with E-state index in [0.29, 0.717) is 13.1 Å². The summed E-state index contributed by atoms with van der Waals surface area (Å²) >= 11 is 1.66.